The van der Waals surface area contributed by atoms with E-state index in [0.717, 1.165) is 0 Å². The second-order valence-electron chi connectivity index (χ2n) is 3.06. The number of nitrogens with two attached hydrogens (primary N) is 3. The highest BCUT2D eigenvalue weighted by molar-refractivity contribution is 5.74. The second kappa shape index (κ2) is 4.08. The minimum absolute atomic E-state index is 0.602. The van der Waals surface area contributed by atoms with Gasteiger partial charge in [-0.25, -0.2) is 0 Å². The summed E-state index contributed by atoms with van der Waals surface area (Å²) >= 11 is 0. The van der Waals surface area contributed by atoms with Crippen LogP contribution in [0.3, 0.4) is 0 Å². The molecule has 14 heavy (non-hydrogen) atoms. The van der Waals surface area contributed by atoms with Crippen molar-refractivity contribution in [2.24, 2.45) is 11.5 Å². The van der Waals surface area contributed by atoms with Crippen molar-refractivity contribution < 1.29 is 9.90 Å². The maximum absolute atomic E-state index is 10.6. The molecule has 0 aromatic heterocycles. The molecule has 0 aliphatic heterocycles. The van der Waals surface area contributed by atoms with Gasteiger partial charge in [-0.05, 0) is 17.7 Å². The molecule has 0 unspecified atom stereocenters. The van der Waals surface area contributed by atoms with Gasteiger partial charge >= 0.3 is 5.97 Å². The van der Waals surface area contributed by atoms with E-state index in [1.165, 1.54) is 0 Å². The summed E-state index contributed by atoms with van der Waals surface area (Å²) in [6.45, 7) is 0. The number of carboxylic acids is 1. The summed E-state index contributed by atoms with van der Waals surface area (Å²) in [5, 5.41) is 8.64. The molecule has 0 aliphatic carbocycles. The van der Waals surface area contributed by atoms with Crippen LogP contribution < -0.4 is 17.2 Å². The number of aliphatic carboxylic acids is 1. The largest absolute Gasteiger partial charge is 0.480 e. The van der Waals surface area contributed by atoms with E-state index in [2.05, 4.69) is 0 Å². The Labute approximate surface area is 81.5 Å². The Kier molecular flexibility index (Phi) is 3.06. The SMILES string of the molecule is Nc1ccc([C@@H](N)[C@H](N)C(=O)O)cc1. The van der Waals surface area contributed by atoms with Crippen molar-refractivity contribution in [1.29, 1.82) is 0 Å². The minimum Gasteiger partial charge on any atom is -0.480 e. The molecule has 7 N–H and O–H groups in total. The van der Waals surface area contributed by atoms with E-state index in [1.54, 1.807) is 24.3 Å². The molecular weight excluding hydrogens is 182 g/mol. The van der Waals surface area contributed by atoms with Crippen LogP contribution in [0.2, 0.25) is 0 Å². The molecule has 1 aromatic carbocycles. The summed E-state index contributed by atoms with van der Waals surface area (Å²) in [7, 11) is 0. The van der Waals surface area contributed by atoms with Crippen molar-refractivity contribution in [2.45, 2.75) is 12.1 Å². The van der Waals surface area contributed by atoms with Crippen LogP contribution >= 0.6 is 0 Å². The molecule has 0 heterocycles. The smallest absolute Gasteiger partial charge is 0.322 e. The number of anilines is 1. The monoisotopic (exact) mass is 195 g/mol. The molecule has 0 bridgehead atoms. The van der Waals surface area contributed by atoms with Gasteiger partial charge in [0.2, 0.25) is 0 Å². The van der Waals surface area contributed by atoms with Crippen molar-refractivity contribution in [3.8, 4) is 0 Å². The molecule has 0 saturated carbocycles. The van der Waals surface area contributed by atoms with Gasteiger partial charge in [0.05, 0.1) is 6.04 Å². The normalized spacial score (nSPS) is 14.7. The molecule has 2 atom stereocenters. The first-order chi connectivity index (χ1) is 6.52. The standard InChI is InChI=1S/C9H13N3O2/c10-6-3-1-5(2-4-6)7(11)8(12)9(13)14/h1-4,7-8H,10-12H2,(H,13,14)/t7-,8+/m1/s1. The summed E-state index contributed by atoms with van der Waals surface area (Å²) in [4.78, 5) is 10.6. The molecule has 5 nitrogen and oxygen atoms in total. The molecule has 5 heteroatoms. The Morgan fingerprint density at radius 1 is 1.21 bits per heavy atom. The van der Waals surface area contributed by atoms with E-state index in [9.17, 15) is 4.79 Å². The minimum atomic E-state index is -1.12. The highest BCUT2D eigenvalue weighted by Gasteiger charge is 2.21. The first kappa shape index (κ1) is 10.5. The third-order valence-corrected chi connectivity index (χ3v) is 1.99. The molecule has 1 rings (SSSR count). The van der Waals surface area contributed by atoms with Crippen LogP contribution in [-0.4, -0.2) is 17.1 Å². The van der Waals surface area contributed by atoms with Crippen LogP contribution in [0.1, 0.15) is 11.6 Å². The van der Waals surface area contributed by atoms with E-state index in [4.69, 9.17) is 22.3 Å². The zero-order chi connectivity index (χ0) is 10.7. The maximum Gasteiger partial charge on any atom is 0.322 e. The van der Waals surface area contributed by atoms with Crippen LogP contribution in [0.15, 0.2) is 24.3 Å². The average Bonchev–Trinajstić information content (AvgIpc) is 2.16. The molecular formula is C9H13N3O2. The lowest BCUT2D eigenvalue weighted by molar-refractivity contribution is -0.139. The lowest BCUT2D eigenvalue weighted by atomic mass is 10.0. The number of nitrogen functional groups attached to an aromatic ring is 1. The van der Waals surface area contributed by atoms with Crippen LogP contribution in [0.25, 0.3) is 0 Å². The van der Waals surface area contributed by atoms with Gasteiger partial charge in [-0.3, -0.25) is 4.79 Å². The van der Waals surface area contributed by atoms with E-state index in [-0.39, 0.29) is 0 Å². The lowest BCUT2D eigenvalue weighted by Crippen LogP contribution is -2.40. The molecule has 0 fully saturated rings. The Morgan fingerprint density at radius 2 is 1.71 bits per heavy atom. The van der Waals surface area contributed by atoms with E-state index in [1.807, 2.05) is 0 Å². The van der Waals surface area contributed by atoms with Crippen molar-refractivity contribution in [1.82, 2.24) is 0 Å². The van der Waals surface area contributed by atoms with Crippen LogP contribution in [0.4, 0.5) is 5.69 Å². The number of carbonyl (C=O) groups is 1. The zero-order valence-corrected chi connectivity index (χ0v) is 7.55. The number of carboxylic acid groups (broad SMARTS) is 1. The van der Waals surface area contributed by atoms with Crippen molar-refractivity contribution in [2.75, 3.05) is 5.73 Å². The summed E-state index contributed by atoms with van der Waals surface area (Å²) in [6.07, 6.45) is 0. The van der Waals surface area contributed by atoms with E-state index in [0.29, 0.717) is 11.3 Å². The Morgan fingerprint density at radius 3 is 2.14 bits per heavy atom. The maximum atomic E-state index is 10.6. The fraction of sp³-hybridized carbons (Fsp3) is 0.222. The molecule has 0 amide bonds. The lowest BCUT2D eigenvalue weighted by Gasteiger charge is -2.16. The van der Waals surface area contributed by atoms with E-state index < -0.39 is 18.1 Å². The highest BCUT2D eigenvalue weighted by atomic mass is 16.4. The van der Waals surface area contributed by atoms with Gasteiger partial charge in [-0.2, -0.15) is 0 Å². The second-order valence-corrected chi connectivity index (χ2v) is 3.06. The molecule has 0 radical (unpaired) electrons. The van der Waals surface area contributed by atoms with Crippen molar-refractivity contribution in [3.63, 3.8) is 0 Å². The third-order valence-electron chi connectivity index (χ3n) is 1.99. The highest BCUT2D eigenvalue weighted by Crippen LogP contribution is 2.14. The van der Waals surface area contributed by atoms with Gasteiger partial charge in [0.1, 0.15) is 6.04 Å². The van der Waals surface area contributed by atoms with E-state index >= 15 is 0 Å². The summed E-state index contributed by atoms with van der Waals surface area (Å²) in [5.74, 6) is -1.12. The Bertz CT molecular complexity index is 323. The zero-order valence-electron chi connectivity index (χ0n) is 7.55. The average molecular weight is 195 g/mol. The van der Waals surface area contributed by atoms with Gasteiger partial charge < -0.3 is 22.3 Å². The molecule has 1 aromatic rings. The Hall–Kier alpha value is -1.59. The number of hydrogen-bond acceptors (Lipinski definition) is 4. The van der Waals surface area contributed by atoms with Crippen molar-refractivity contribution in [3.05, 3.63) is 29.8 Å². The fourth-order valence-electron chi connectivity index (χ4n) is 1.08. The third kappa shape index (κ3) is 2.21. The van der Waals surface area contributed by atoms with Crippen LogP contribution in [0.5, 0.6) is 0 Å². The fourth-order valence-corrected chi connectivity index (χ4v) is 1.08. The predicted molar refractivity (Wildman–Crippen MR) is 53.4 cm³/mol. The van der Waals surface area contributed by atoms with Crippen LogP contribution in [0, 0.1) is 0 Å². The first-order valence-corrected chi connectivity index (χ1v) is 4.12. The topological polar surface area (TPSA) is 115 Å². The predicted octanol–water partition coefficient (Wildman–Crippen LogP) is -0.319. The van der Waals surface area contributed by atoms with Gasteiger partial charge in [0, 0.05) is 5.69 Å². The quantitative estimate of drug-likeness (QED) is 0.493. The molecule has 76 valence electrons. The number of rotatable bonds is 3. The number of benzene rings is 1. The van der Waals surface area contributed by atoms with Gasteiger partial charge in [-0.1, -0.05) is 12.1 Å². The Balaban J connectivity index is 2.84. The summed E-state index contributed by atoms with van der Waals surface area (Å²) in [5.41, 5.74) is 17.8. The van der Waals surface area contributed by atoms with Gasteiger partial charge in [-0.15, -0.1) is 0 Å². The van der Waals surface area contributed by atoms with Crippen LogP contribution in [-0.2, 0) is 4.79 Å². The summed E-state index contributed by atoms with van der Waals surface area (Å²) in [6, 6.07) is 4.84. The van der Waals surface area contributed by atoms with Gasteiger partial charge in [0.15, 0.2) is 0 Å². The molecule has 0 aliphatic rings. The number of hydrogen-bond donors (Lipinski definition) is 4. The van der Waals surface area contributed by atoms with Gasteiger partial charge in [0.25, 0.3) is 0 Å². The summed E-state index contributed by atoms with van der Waals surface area (Å²) < 4.78 is 0. The van der Waals surface area contributed by atoms with Crippen molar-refractivity contribution >= 4 is 11.7 Å². The molecule has 0 spiro atoms. The first-order valence-electron chi connectivity index (χ1n) is 4.12. The molecule has 0 saturated heterocycles.